The molecule has 1 aromatic carbocycles. The Bertz CT molecular complexity index is 1050. The molecule has 1 aliphatic rings. The lowest BCUT2D eigenvalue weighted by Gasteiger charge is -2.08. The Hall–Kier alpha value is -2.47. The van der Waals surface area contributed by atoms with Crippen molar-refractivity contribution in [1.82, 2.24) is 9.97 Å². The number of nitrogens with one attached hydrogen (secondary N) is 1. The van der Waals surface area contributed by atoms with Gasteiger partial charge in [-0.15, -0.1) is 11.3 Å². The molecule has 1 aliphatic heterocycles. The second-order valence-corrected chi connectivity index (χ2v) is 7.25. The summed E-state index contributed by atoms with van der Waals surface area (Å²) in [4.78, 5) is 26.4. The van der Waals surface area contributed by atoms with Crippen LogP contribution in [-0.2, 0) is 4.84 Å². The molecule has 0 saturated carbocycles. The second-order valence-electron chi connectivity index (χ2n) is 6.39. The molecule has 0 saturated heterocycles. The van der Waals surface area contributed by atoms with E-state index in [1.165, 1.54) is 22.5 Å². The standard InChI is InChI=1S/C19H19N3O2S/c1-4-13-8-15(24-22-13)17-20-18(23)16-14(9-25-19(16)21-17)12-6-5-10(2)11(3)7-12/h5-7,9,15H,4,8H2,1-3H3,(H,20,21,23). The van der Waals surface area contributed by atoms with E-state index in [1.54, 1.807) is 0 Å². The molecule has 0 fully saturated rings. The lowest BCUT2D eigenvalue weighted by atomic mass is 10.0. The van der Waals surface area contributed by atoms with Crippen LogP contribution in [0.2, 0.25) is 0 Å². The van der Waals surface area contributed by atoms with Crippen molar-refractivity contribution < 1.29 is 4.84 Å². The molecule has 3 heterocycles. The van der Waals surface area contributed by atoms with Crippen LogP contribution in [0, 0.1) is 13.8 Å². The third-order valence-electron chi connectivity index (χ3n) is 4.72. The summed E-state index contributed by atoms with van der Waals surface area (Å²) in [5.41, 5.74) is 5.30. The predicted molar refractivity (Wildman–Crippen MR) is 101 cm³/mol. The van der Waals surface area contributed by atoms with Gasteiger partial charge in [0.1, 0.15) is 4.83 Å². The molecule has 5 nitrogen and oxygen atoms in total. The zero-order chi connectivity index (χ0) is 17.6. The van der Waals surface area contributed by atoms with Gasteiger partial charge in [0.2, 0.25) is 0 Å². The van der Waals surface area contributed by atoms with Crippen molar-refractivity contribution in [2.24, 2.45) is 5.16 Å². The monoisotopic (exact) mass is 353 g/mol. The lowest BCUT2D eigenvalue weighted by molar-refractivity contribution is 0.0792. The topological polar surface area (TPSA) is 67.3 Å². The smallest absolute Gasteiger partial charge is 0.260 e. The van der Waals surface area contributed by atoms with Crippen LogP contribution >= 0.6 is 11.3 Å². The van der Waals surface area contributed by atoms with E-state index in [9.17, 15) is 4.79 Å². The highest BCUT2D eigenvalue weighted by atomic mass is 32.1. The van der Waals surface area contributed by atoms with Crippen LogP contribution in [-0.4, -0.2) is 15.7 Å². The Labute approximate surface area is 149 Å². The SMILES string of the molecule is CCC1=NOC(c2nc3scc(-c4ccc(C)c(C)c4)c3c(=O)[nH]2)C1. The number of rotatable bonds is 3. The second kappa shape index (κ2) is 6.11. The molecule has 4 rings (SSSR count). The van der Waals surface area contributed by atoms with Gasteiger partial charge in [0.25, 0.3) is 5.56 Å². The Kier molecular flexibility index (Phi) is 3.92. The van der Waals surface area contributed by atoms with E-state index in [0.717, 1.165) is 28.1 Å². The number of aromatic nitrogens is 2. The zero-order valence-corrected chi connectivity index (χ0v) is 15.2. The third-order valence-corrected chi connectivity index (χ3v) is 5.60. The number of fused-ring (bicyclic) bond motifs is 1. The summed E-state index contributed by atoms with van der Waals surface area (Å²) in [5.74, 6) is 0.554. The first kappa shape index (κ1) is 16.0. The normalized spacial score (nSPS) is 16.9. The van der Waals surface area contributed by atoms with Crippen molar-refractivity contribution in [2.45, 2.75) is 39.7 Å². The number of H-pyrrole nitrogens is 1. The Balaban J connectivity index is 1.77. The maximum absolute atomic E-state index is 12.7. The van der Waals surface area contributed by atoms with Crippen molar-refractivity contribution in [2.75, 3.05) is 0 Å². The highest BCUT2D eigenvalue weighted by Crippen LogP contribution is 2.33. The number of thiophene rings is 1. The minimum absolute atomic E-state index is 0.122. The predicted octanol–water partition coefficient (Wildman–Crippen LogP) is 4.50. The Morgan fingerprint density at radius 1 is 1.32 bits per heavy atom. The molecule has 0 amide bonds. The highest BCUT2D eigenvalue weighted by molar-refractivity contribution is 7.17. The minimum atomic E-state index is -0.292. The largest absolute Gasteiger partial charge is 0.384 e. The summed E-state index contributed by atoms with van der Waals surface area (Å²) in [6.45, 7) is 6.20. The fourth-order valence-electron chi connectivity index (χ4n) is 3.02. The van der Waals surface area contributed by atoms with Crippen LogP contribution in [0.3, 0.4) is 0 Å². The molecule has 0 spiro atoms. The fraction of sp³-hybridized carbons (Fsp3) is 0.316. The van der Waals surface area contributed by atoms with Crippen LogP contribution < -0.4 is 5.56 Å². The minimum Gasteiger partial charge on any atom is -0.384 e. The van der Waals surface area contributed by atoms with E-state index in [1.807, 2.05) is 12.3 Å². The van der Waals surface area contributed by atoms with Crippen LogP contribution in [0.1, 0.15) is 42.8 Å². The van der Waals surface area contributed by atoms with Gasteiger partial charge in [-0.05, 0) is 37.0 Å². The van der Waals surface area contributed by atoms with E-state index in [2.05, 4.69) is 47.2 Å². The van der Waals surface area contributed by atoms with Gasteiger partial charge < -0.3 is 9.82 Å². The molecule has 0 bridgehead atoms. The summed E-state index contributed by atoms with van der Waals surface area (Å²) in [6, 6.07) is 6.25. The van der Waals surface area contributed by atoms with Gasteiger partial charge in [-0.2, -0.15) is 0 Å². The first-order valence-electron chi connectivity index (χ1n) is 8.37. The van der Waals surface area contributed by atoms with Gasteiger partial charge in [0, 0.05) is 17.4 Å². The number of nitrogens with zero attached hydrogens (tertiary/aromatic N) is 2. The van der Waals surface area contributed by atoms with E-state index < -0.39 is 0 Å². The molecule has 1 atom stereocenters. The van der Waals surface area contributed by atoms with E-state index in [0.29, 0.717) is 17.6 Å². The molecular weight excluding hydrogens is 334 g/mol. The average molecular weight is 353 g/mol. The lowest BCUT2D eigenvalue weighted by Crippen LogP contribution is -2.14. The molecule has 1 unspecified atom stereocenters. The summed E-state index contributed by atoms with van der Waals surface area (Å²) < 4.78 is 0. The van der Waals surface area contributed by atoms with Crippen molar-refractivity contribution in [3.8, 4) is 11.1 Å². The molecule has 3 aromatic rings. The molecule has 1 N–H and O–H groups in total. The summed E-state index contributed by atoms with van der Waals surface area (Å²) in [7, 11) is 0. The van der Waals surface area contributed by atoms with E-state index >= 15 is 0 Å². The van der Waals surface area contributed by atoms with Crippen LogP contribution in [0.5, 0.6) is 0 Å². The molecule has 0 radical (unpaired) electrons. The number of aromatic amines is 1. The maximum Gasteiger partial charge on any atom is 0.260 e. The number of benzene rings is 1. The highest BCUT2D eigenvalue weighted by Gasteiger charge is 2.25. The van der Waals surface area contributed by atoms with Crippen molar-refractivity contribution in [3.05, 3.63) is 50.9 Å². The number of hydrogen-bond acceptors (Lipinski definition) is 5. The molecule has 0 aliphatic carbocycles. The first-order chi connectivity index (χ1) is 12.1. The van der Waals surface area contributed by atoms with Crippen molar-refractivity contribution in [3.63, 3.8) is 0 Å². The average Bonchev–Trinajstić information content (AvgIpc) is 3.24. The van der Waals surface area contributed by atoms with Crippen LogP contribution in [0.4, 0.5) is 0 Å². The molecule has 128 valence electrons. The molecular formula is C19H19N3O2S. The van der Waals surface area contributed by atoms with Gasteiger partial charge in [-0.25, -0.2) is 4.98 Å². The maximum atomic E-state index is 12.7. The molecule has 6 heteroatoms. The first-order valence-corrected chi connectivity index (χ1v) is 9.25. The van der Waals surface area contributed by atoms with Crippen molar-refractivity contribution in [1.29, 1.82) is 0 Å². The van der Waals surface area contributed by atoms with Gasteiger partial charge >= 0.3 is 0 Å². The molecule has 2 aromatic heterocycles. The number of oxime groups is 1. The molecule has 25 heavy (non-hydrogen) atoms. The quantitative estimate of drug-likeness (QED) is 0.754. The summed E-state index contributed by atoms with van der Waals surface area (Å²) in [6.07, 6.45) is 1.23. The van der Waals surface area contributed by atoms with Crippen molar-refractivity contribution >= 4 is 27.3 Å². The summed E-state index contributed by atoms with van der Waals surface area (Å²) in [5, 5.41) is 6.70. The van der Waals surface area contributed by atoms with E-state index in [-0.39, 0.29) is 11.7 Å². The van der Waals surface area contributed by atoms with Gasteiger partial charge in [0.15, 0.2) is 11.9 Å². The van der Waals surface area contributed by atoms with E-state index in [4.69, 9.17) is 4.84 Å². The summed E-state index contributed by atoms with van der Waals surface area (Å²) >= 11 is 1.49. The third kappa shape index (κ3) is 2.76. The van der Waals surface area contributed by atoms with Crippen LogP contribution in [0.25, 0.3) is 21.3 Å². The Morgan fingerprint density at radius 2 is 2.16 bits per heavy atom. The fourth-order valence-corrected chi connectivity index (χ4v) is 3.98. The van der Waals surface area contributed by atoms with Gasteiger partial charge in [-0.3, -0.25) is 4.79 Å². The van der Waals surface area contributed by atoms with Gasteiger partial charge in [0.05, 0.1) is 11.1 Å². The Morgan fingerprint density at radius 3 is 2.88 bits per heavy atom. The number of hydrogen-bond donors (Lipinski definition) is 1. The zero-order valence-electron chi connectivity index (χ0n) is 14.4. The van der Waals surface area contributed by atoms with Gasteiger partial charge in [-0.1, -0.05) is 30.3 Å². The van der Waals surface area contributed by atoms with Crippen LogP contribution in [0.15, 0.2) is 33.5 Å². The number of aryl methyl sites for hydroxylation is 2.